The fourth-order valence-corrected chi connectivity index (χ4v) is 3.20. The summed E-state index contributed by atoms with van der Waals surface area (Å²) in [6.07, 6.45) is 1.25. The van der Waals surface area contributed by atoms with Gasteiger partial charge in [-0.05, 0) is 25.1 Å². The first kappa shape index (κ1) is 19.2. The lowest BCUT2D eigenvalue weighted by atomic mass is 10.2. The molecule has 10 heteroatoms. The fraction of sp³-hybridized carbons (Fsp3) is 0.111. The third-order valence-electron chi connectivity index (χ3n) is 3.67. The van der Waals surface area contributed by atoms with Gasteiger partial charge in [0.15, 0.2) is 5.16 Å². The van der Waals surface area contributed by atoms with Gasteiger partial charge in [0.05, 0.1) is 22.5 Å². The SMILES string of the molecule is Cc1nnc(SCC(=O)N/N=C\c2ccccc2[N+](=O)[O-])n1-c1ccccc1. The molecule has 28 heavy (non-hydrogen) atoms. The van der Waals surface area contributed by atoms with Crippen LogP contribution in [0.2, 0.25) is 0 Å². The van der Waals surface area contributed by atoms with Crippen molar-refractivity contribution in [1.29, 1.82) is 0 Å². The first-order chi connectivity index (χ1) is 13.6. The van der Waals surface area contributed by atoms with Gasteiger partial charge in [0.2, 0.25) is 0 Å². The van der Waals surface area contributed by atoms with Crippen LogP contribution in [0, 0.1) is 17.0 Å². The third-order valence-corrected chi connectivity index (χ3v) is 4.60. The van der Waals surface area contributed by atoms with Crippen molar-refractivity contribution in [3.8, 4) is 5.69 Å². The summed E-state index contributed by atoms with van der Waals surface area (Å²) in [6.45, 7) is 1.83. The number of nitro groups is 1. The summed E-state index contributed by atoms with van der Waals surface area (Å²) in [5.74, 6) is 0.419. The van der Waals surface area contributed by atoms with E-state index in [1.165, 1.54) is 24.0 Å². The molecule has 142 valence electrons. The number of aryl methyl sites for hydroxylation is 1. The predicted octanol–water partition coefficient (Wildman–Crippen LogP) is 2.73. The molecular formula is C18H16N6O3S. The van der Waals surface area contributed by atoms with Gasteiger partial charge in [-0.2, -0.15) is 5.10 Å². The molecule has 0 spiro atoms. The number of thioether (sulfide) groups is 1. The summed E-state index contributed by atoms with van der Waals surface area (Å²) in [7, 11) is 0. The van der Waals surface area contributed by atoms with E-state index in [2.05, 4.69) is 20.7 Å². The second-order valence-corrected chi connectivity index (χ2v) is 6.54. The van der Waals surface area contributed by atoms with Crippen molar-refractivity contribution in [1.82, 2.24) is 20.2 Å². The predicted molar refractivity (Wildman–Crippen MR) is 106 cm³/mol. The first-order valence-electron chi connectivity index (χ1n) is 8.22. The Morgan fingerprint density at radius 3 is 2.68 bits per heavy atom. The number of hydrogen-bond donors (Lipinski definition) is 1. The zero-order valence-corrected chi connectivity index (χ0v) is 15.7. The molecule has 0 saturated carbocycles. The molecule has 0 aliphatic carbocycles. The summed E-state index contributed by atoms with van der Waals surface area (Å²) in [6, 6.07) is 15.7. The number of aromatic nitrogens is 3. The molecule has 1 heterocycles. The van der Waals surface area contributed by atoms with Gasteiger partial charge >= 0.3 is 0 Å². The van der Waals surface area contributed by atoms with E-state index in [9.17, 15) is 14.9 Å². The summed E-state index contributed by atoms with van der Waals surface area (Å²) in [4.78, 5) is 22.5. The van der Waals surface area contributed by atoms with Crippen LogP contribution in [0.3, 0.4) is 0 Å². The smallest absolute Gasteiger partial charge is 0.274 e. The summed E-state index contributed by atoms with van der Waals surface area (Å²) in [5, 5.41) is 23.5. The molecule has 1 N–H and O–H groups in total. The van der Waals surface area contributed by atoms with Crippen LogP contribution >= 0.6 is 11.8 Å². The molecule has 0 aliphatic rings. The molecule has 1 amide bonds. The van der Waals surface area contributed by atoms with Gasteiger partial charge in [0.1, 0.15) is 5.82 Å². The van der Waals surface area contributed by atoms with E-state index < -0.39 is 4.92 Å². The number of nitrogens with one attached hydrogen (secondary N) is 1. The number of nitrogens with zero attached hydrogens (tertiary/aromatic N) is 5. The lowest BCUT2D eigenvalue weighted by Gasteiger charge is -2.07. The second-order valence-electron chi connectivity index (χ2n) is 5.60. The monoisotopic (exact) mass is 396 g/mol. The molecule has 3 aromatic rings. The molecule has 0 bridgehead atoms. The van der Waals surface area contributed by atoms with Crippen LogP contribution in [0.1, 0.15) is 11.4 Å². The highest BCUT2D eigenvalue weighted by molar-refractivity contribution is 7.99. The number of rotatable bonds is 7. The van der Waals surface area contributed by atoms with Gasteiger partial charge in [0.25, 0.3) is 11.6 Å². The molecule has 0 fully saturated rings. The molecule has 9 nitrogen and oxygen atoms in total. The molecule has 1 aromatic heterocycles. The average molecular weight is 396 g/mol. The number of carbonyl (C=O) groups excluding carboxylic acids is 1. The van der Waals surface area contributed by atoms with E-state index in [0.29, 0.717) is 16.5 Å². The van der Waals surface area contributed by atoms with Crippen LogP contribution in [-0.2, 0) is 4.79 Å². The van der Waals surface area contributed by atoms with E-state index in [4.69, 9.17) is 0 Å². The summed E-state index contributed by atoms with van der Waals surface area (Å²) in [5.41, 5.74) is 3.49. The van der Waals surface area contributed by atoms with Gasteiger partial charge < -0.3 is 0 Å². The minimum Gasteiger partial charge on any atom is -0.274 e. The summed E-state index contributed by atoms with van der Waals surface area (Å²) < 4.78 is 1.86. The van der Waals surface area contributed by atoms with Gasteiger partial charge in [-0.25, -0.2) is 5.43 Å². The van der Waals surface area contributed by atoms with E-state index in [1.807, 2.05) is 41.8 Å². The standard InChI is InChI=1S/C18H16N6O3S/c1-13-20-22-18(23(13)15-8-3-2-4-9-15)28-12-17(25)21-19-11-14-7-5-6-10-16(14)24(26)27/h2-11H,12H2,1H3,(H,21,25)/b19-11-. The van der Waals surface area contributed by atoms with Crippen LogP contribution in [0.25, 0.3) is 5.69 Å². The topological polar surface area (TPSA) is 115 Å². The number of benzene rings is 2. The van der Waals surface area contributed by atoms with Crippen molar-refractivity contribution in [2.45, 2.75) is 12.1 Å². The van der Waals surface area contributed by atoms with Crippen LogP contribution in [-0.4, -0.2) is 37.6 Å². The Labute approximate surface area is 164 Å². The van der Waals surface area contributed by atoms with E-state index in [0.717, 1.165) is 5.69 Å². The lowest BCUT2D eigenvalue weighted by molar-refractivity contribution is -0.385. The third kappa shape index (κ3) is 4.60. The largest absolute Gasteiger partial charge is 0.278 e. The first-order valence-corrected chi connectivity index (χ1v) is 9.20. The fourth-order valence-electron chi connectivity index (χ4n) is 2.41. The summed E-state index contributed by atoms with van der Waals surface area (Å²) >= 11 is 1.22. The van der Waals surface area contributed by atoms with Crippen molar-refractivity contribution >= 4 is 29.6 Å². The highest BCUT2D eigenvalue weighted by Gasteiger charge is 2.13. The number of hydrazone groups is 1. The van der Waals surface area contributed by atoms with Gasteiger partial charge in [-0.1, -0.05) is 42.1 Å². The number of nitro benzene ring substituents is 1. The number of amides is 1. The molecule has 3 rings (SSSR count). The number of para-hydroxylation sites is 2. The molecule has 0 atom stereocenters. The zero-order valence-electron chi connectivity index (χ0n) is 14.8. The zero-order chi connectivity index (χ0) is 19.9. The van der Waals surface area contributed by atoms with Gasteiger partial charge in [-0.3, -0.25) is 19.5 Å². The van der Waals surface area contributed by atoms with Crippen molar-refractivity contribution in [3.05, 3.63) is 76.1 Å². The lowest BCUT2D eigenvalue weighted by Crippen LogP contribution is -2.20. The highest BCUT2D eigenvalue weighted by atomic mass is 32.2. The Kier molecular flexibility index (Phi) is 6.12. The van der Waals surface area contributed by atoms with E-state index in [1.54, 1.807) is 18.2 Å². The van der Waals surface area contributed by atoms with Crippen molar-refractivity contribution < 1.29 is 9.72 Å². The van der Waals surface area contributed by atoms with Crippen LogP contribution < -0.4 is 5.43 Å². The Morgan fingerprint density at radius 2 is 1.93 bits per heavy atom. The minimum absolute atomic E-state index is 0.0686. The van der Waals surface area contributed by atoms with E-state index in [-0.39, 0.29) is 17.3 Å². The molecular weight excluding hydrogens is 380 g/mol. The molecule has 0 unspecified atom stereocenters. The normalized spacial score (nSPS) is 10.9. The maximum atomic E-state index is 12.0. The Balaban J connectivity index is 1.61. The number of hydrogen-bond acceptors (Lipinski definition) is 7. The van der Waals surface area contributed by atoms with Crippen LogP contribution in [0.4, 0.5) is 5.69 Å². The highest BCUT2D eigenvalue weighted by Crippen LogP contribution is 2.21. The molecule has 2 aromatic carbocycles. The minimum atomic E-state index is -0.502. The number of carbonyl (C=O) groups is 1. The van der Waals surface area contributed by atoms with Crippen LogP contribution in [0.15, 0.2) is 64.9 Å². The maximum Gasteiger partial charge on any atom is 0.278 e. The maximum absolute atomic E-state index is 12.0. The Hall–Kier alpha value is -3.53. The second kappa shape index (κ2) is 8.91. The van der Waals surface area contributed by atoms with Crippen molar-refractivity contribution in [2.75, 3.05) is 5.75 Å². The van der Waals surface area contributed by atoms with Gasteiger partial charge in [-0.15, -0.1) is 10.2 Å². The molecule has 0 saturated heterocycles. The Morgan fingerprint density at radius 1 is 1.21 bits per heavy atom. The Bertz CT molecular complexity index is 1020. The quantitative estimate of drug-likeness (QED) is 0.284. The van der Waals surface area contributed by atoms with E-state index >= 15 is 0 Å². The molecule has 0 radical (unpaired) electrons. The molecule has 0 aliphatic heterocycles. The average Bonchev–Trinajstić information content (AvgIpc) is 3.07. The van der Waals surface area contributed by atoms with Gasteiger partial charge in [0, 0.05) is 11.8 Å². The van der Waals surface area contributed by atoms with Crippen molar-refractivity contribution in [2.24, 2.45) is 5.10 Å². The van der Waals surface area contributed by atoms with Crippen LogP contribution in [0.5, 0.6) is 0 Å². The van der Waals surface area contributed by atoms with Crippen molar-refractivity contribution in [3.63, 3.8) is 0 Å².